The Bertz CT molecular complexity index is 471. The Balaban J connectivity index is 1.73. The Hall–Kier alpha value is -1.29. The Morgan fingerprint density at radius 2 is 1.95 bits per heavy atom. The van der Waals surface area contributed by atoms with Crippen LogP contribution in [0.4, 0.5) is 5.69 Å². The molecular weight excluding hydrogens is 268 g/mol. The topological polar surface area (TPSA) is 24.5 Å². The van der Waals surface area contributed by atoms with E-state index in [0.717, 1.165) is 36.1 Å². The molecule has 1 aliphatic carbocycles. The summed E-state index contributed by atoms with van der Waals surface area (Å²) < 4.78 is 5.79. The number of hydrogen-bond donors (Lipinski definition) is 1. The van der Waals surface area contributed by atoms with Crippen LogP contribution in [0.1, 0.15) is 38.5 Å². The van der Waals surface area contributed by atoms with Crippen molar-refractivity contribution in [2.75, 3.05) is 18.1 Å². The van der Waals surface area contributed by atoms with Gasteiger partial charge in [-0.2, -0.15) is 0 Å². The van der Waals surface area contributed by atoms with Crippen LogP contribution in [0.2, 0.25) is 0 Å². The van der Waals surface area contributed by atoms with Crippen molar-refractivity contribution >= 4 is 23.0 Å². The summed E-state index contributed by atoms with van der Waals surface area (Å²) in [7, 11) is 0. The summed E-state index contributed by atoms with van der Waals surface area (Å²) in [6.45, 7) is 1.69. The molecule has 20 heavy (non-hydrogen) atoms. The first-order valence-electron chi connectivity index (χ1n) is 7.64. The van der Waals surface area contributed by atoms with Crippen molar-refractivity contribution in [3.8, 4) is 5.75 Å². The fourth-order valence-electron chi connectivity index (χ4n) is 3.04. The zero-order chi connectivity index (χ0) is 13.8. The number of hydrogen-bond acceptors (Lipinski definition) is 2. The van der Waals surface area contributed by atoms with Crippen molar-refractivity contribution in [3.63, 3.8) is 0 Å². The molecule has 1 aromatic rings. The van der Waals surface area contributed by atoms with E-state index in [1.807, 2.05) is 18.2 Å². The second-order valence-corrected chi connectivity index (χ2v) is 5.99. The molecule has 3 nitrogen and oxygen atoms in total. The molecule has 0 amide bonds. The van der Waals surface area contributed by atoms with Gasteiger partial charge in [0.1, 0.15) is 5.75 Å². The molecule has 1 N–H and O–H groups in total. The van der Waals surface area contributed by atoms with Crippen LogP contribution in [-0.4, -0.2) is 24.3 Å². The van der Waals surface area contributed by atoms with E-state index in [1.165, 1.54) is 32.1 Å². The molecule has 0 saturated heterocycles. The van der Waals surface area contributed by atoms with Gasteiger partial charge >= 0.3 is 0 Å². The van der Waals surface area contributed by atoms with Gasteiger partial charge in [0.25, 0.3) is 0 Å². The molecule has 1 saturated carbocycles. The number of para-hydroxylation sites is 2. The molecule has 1 aliphatic heterocycles. The number of thiocarbonyl (C=S) groups is 1. The summed E-state index contributed by atoms with van der Waals surface area (Å²) in [5.74, 6) is 0.942. The normalized spacial score (nSPS) is 19.7. The second kappa shape index (κ2) is 6.44. The number of nitrogens with one attached hydrogen (secondary N) is 1. The highest BCUT2D eigenvalue weighted by atomic mass is 32.1. The number of nitrogens with zero attached hydrogens (tertiary/aromatic N) is 1. The predicted molar refractivity (Wildman–Crippen MR) is 86.5 cm³/mol. The van der Waals surface area contributed by atoms with Crippen LogP contribution in [-0.2, 0) is 0 Å². The molecule has 2 aliphatic rings. The summed E-state index contributed by atoms with van der Waals surface area (Å²) in [4.78, 5) is 2.20. The van der Waals surface area contributed by atoms with Crippen LogP contribution in [0, 0.1) is 0 Å². The Morgan fingerprint density at radius 1 is 1.15 bits per heavy atom. The smallest absolute Gasteiger partial charge is 0.173 e. The molecule has 3 rings (SSSR count). The number of fused-ring (bicyclic) bond motifs is 1. The molecule has 0 atom stereocenters. The van der Waals surface area contributed by atoms with Crippen molar-refractivity contribution in [1.29, 1.82) is 0 Å². The lowest BCUT2D eigenvalue weighted by molar-refractivity contribution is 0.322. The van der Waals surface area contributed by atoms with E-state index in [0.29, 0.717) is 6.04 Å². The fourth-order valence-corrected chi connectivity index (χ4v) is 3.39. The highest BCUT2D eigenvalue weighted by Crippen LogP contribution is 2.30. The van der Waals surface area contributed by atoms with E-state index in [2.05, 4.69) is 16.3 Å². The lowest BCUT2D eigenvalue weighted by Crippen LogP contribution is -2.45. The summed E-state index contributed by atoms with van der Waals surface area (Å²) in [5, 5.41) is 4.42. The van der Waals surface area contributed by atoms with Gasteiger partial charge in [0.2, 0.25) is 0 Å². The summed E-state index contributed by atoms with van der Waals surface area (Å²) in [6, 6.07) is 8.73. The first kappa shape index (κ1) is 13.7. The zero-order valence-electron chi connectivity index (χ0n) is 11.8. The average molecular weight is 290 g/mol. The minimum absolute atomic E-state index is 0.549. The predicted octanol–water partition coefficient (Wildman–Crippen LogP) is 3.48. The van der Waals surface area contributed by atoms with Crippen LogP contribution in [0.5, 0.6) is 5.75 Å². The standard InChI is InChI=1S/C16H22N2OS/c20-16(17-13-7-2-1-3-8-13)18-11-6-12-19-15-10-5-4-9-14(15)18/h4-5,9-10,13H,1-3,6-8,11-12H2,(H,17,20). The van der Waals surface area contributed by atoms with Crippen LogP contribution >= 0.6 is 12.2 Å². The summed E-state index contributed by atoms with van der Waals surface area (Å²) >= 11 is 5.65. The Morgan fingerprint density at radius 3 is 2.80 bits per heavy atom. The van der Waals surface area contributed by atoms with E-state index < -0.39 is 0 Å². The quantitative estimate of drug-likeness (QED) is 0.800. The third kappa shape index (κ3) is 3.06. The third-order valence-corrected chi connectivity index (χ3v) is 4.46. The molecule has 1 aromatic carbocycles. The molecule has 0 radical (unpaired) electrons. The maximum atomic E-state index is 5.79. The van der Waals surface area contributed by atoms with Crippen molar-refractivity contribution in [2.24, 2.45) is 0 Å². The SMILES string of the molecule is S=C(NC1CCCCC1)N1CCCOc2ccccc21. The van der Waals surface area contributed by atoms with Gasteiger partial charge in [-0.1, -0.05) is 31.4 Å². The molecule has 1 fully saturated rings. The van der Waals surface area contributed by atoms with Crippen LogP contribution < -0.4 is 15.0 Å². The Labute approximate surface area is 126 Å². The van der Waals surface area contributed by atoms with Crippen molar-refractivity contribution in [1.82, 2.24) is 5.32 Å². The van der Waals surface area contributed by atoms with Gasteiger partial charge < -0.3 is 15.0 Å². The van der Waals surface area contributed by atoms with Crippen LogP contribution in [0.25, 0.3) is 0 Å². The van der Waals surface area contributed by atoms with E-state index >= 15 is 0 Å². The lowest BCUT2D eigenvalue weighted by atomic mass is 9.96. The summed E-state index contributed by atoms with van der Waals surface area (Å²) in [5.41, 5.74) is 1.10. The van der Waals surface area contributed by atoms with Gasteiger partial charge in [0.15, 0.2) is 5.11 Å². The van der Waals surface area contributed by atoms with Crippen molar-refractivity contribution in [2.45, 2.75) is 44.6 Å². The van der Waals surface area contributed by atoms with Gasteiger partial charge in [-0.3, -0.25) is 0 Å². The van der Waals surface area contributed by atoms with Gasteiger partial charge in [-0.25, -0.2) is 0 Å². The fraction of sp³-hybridized carbons (Fsp3) is 0.562. The molecule has 0 unspecified atom stereocenters. The maximum absolute atomic E-state index is 5.79. The molecular formula is C16H22N2OS. The Kier molecular flexibility index (Phi) is 4.41. The highest BCUT2D eigenvalue weighted by molar-refractivity contribution is 7.80. The van der Waals surface area contributed by atoms with Gasteiger partial charge in [-0.05, 0) is 43.6 Å². The summed E-state index contributed by atoms with van der Waals surface area (Å²) in [6.07, 6.45) is 7.49. The third-order valence-electron chi connectivity index (χ3n) is 4.12. The van der Waals surface area contributed by atoms with Crippen molar-refractivity contribution in [3.05, 3.63) is 24.3 Å². The number of rotatable bonds is 1. The van der Waals surface area contributed by atoms with Gasteiger partial charge in [0.05, 0.1) is 12.3 Å². The largest absolute Gasteiger partial charge is 0.491 e. The zero-order valence-corrected chi connectivity index (χ0v) is 12.6. The minimum atomic E-state index is 0.549. The first-order chi connectivity index (χ1) is 9.84. The first-order valence-corrected chi connectivity index (χ1v) is 8.05. The van der Waals surface area contributed by atoms with Gasteiger partial charge in [0, 0.05) is 12.6 Å². The van der Waals surface area contributed by atoms with E-state index in [9.17, 15) is 0 Å². The maximum Gasteiger partial charge on any atom is 0.173 e. The molecule has 0 spiro atoms. The second-order valence-electron chi connectivity index (χ2n) is 5.61. The lowest BCUT2D eigenvalue weighted by Gasteiger charge is -2.30. The molecule has 1 heterocycles. The number of ether oxygens (including phenoxy) is 1. The van der Waals surface area contributed by atoms with E-state index in [1.54, 1.807) is 0 Å². The minimum Gasteiger partial charge on any atom is -0.491 e. The molecule has 4 heteroatoms. The highest BCUT2D eigenvalue weighted by Gasteiger charge is 2.22. The monoisotopic (exact) mass is 290 g/mol. The molecule has 0 bridgehead atoms. The number of anilines is 1. The molecule has 0 aromatic heterocycles. The number of benzene rings is 1. The average Bonchev–Trinajstić information content (AvgIpc) is 2.70. The van der Waals surface area contributed by atoms with E-state index in [4.69, 9.17) is 17.0 Å². The van der Waals surface area contributed by atoms with Crippen LogP contribution in [0.3, 0.4) is 0 Å². The van der Waals surface area contributed by atoms with Crippen LogP contribution in [0.15, 0.2) is 24.3 Å². The van der Waals surface area contributed by atoms with Gasteiger partial charge in [-0.15, -0.1) is 0 Å². The van der Waals surface area contributed by atoms with Crippen molar-refractivity contribution < 1.29 is 4.74 Å². The van der Waals surface area contributed by atoms with E-state index in [-0.39, 0.29) is 0 Å². The molecule has 108 valence electrons.